The van der Waals surface area contributed by atoms with E-state index in [1.54, 1.807) is 0 Å². The molecule has 2 amide bonds. The van der Waals surface area contributed by atoms with Crippen LogP contribution in [0.3, 0.4) is 0 Å². The Morgan fingerprint density at radius 3 is 2.22 bits per heavy atom. The second-order valence-electron chi connectivity index (χ2n) is 7.18. The van der Waals surface area contributed by atoms with Gasteiger partial charge in [-0.2, -0.15) is 13.2 Å². The Morgan fingerprint density at radius 2 is 1.78 bits per heavy atom. The van der Waals surface area contributed by atoms with Crippen LogP contribution in [0.15, 0.2) is 4.99 Å². The molecule has 0 saturated heterocycles. The highest BCUT2D eigenvalue weighted by Crippen LogP contribution is 2.40. The van der Waals surface area contributed by atoms with E-state index in [0.29, 0.717) is 12.8 Å². The summed E-state index contributed by atoms with van der Waals surface area (Å²) in [6, 6.07) is -0.276. The molecule has 1 heterocycles. The molecular weight excluding hydrogens is 311 g/mol. The minimum Gasteiger partial charge on any atom is -0.316 e. The van der Waals surface area contributed by atoms with Gasteiger partial charge >= 0.3 is 11.8 Å². The Balaban J connectivity index is 2.40. The number of nitrogens with one attached hydrogen (secondary N) is 1. The van der Waals surface area contributed by atoms with E-state index < -0.39 is 29.1 Å². The van der Waals surface area contributed by atoms with Gasteiger partial charge in [-0.05, 0) is 19.8 Å². The Kier molecular flexibility index (Phi) is 4.24. The Hall–Kier alpha value is -1.60. The fraction of sp³-hybridized carbons (Fsp3) is 0.800. The van der Waals surface area contributed by atoms with Gasteiger partial charge in [-0.15, -0.1) is 0 Å². The molecule has 0 aromatic heterocycles. The summed E-state index contributed by atoms with van der Waals surface area (Å²) in [6.07, 6.45) is -1.96. The molecule has 0 aromatic rings. The summed E-state index contributed by atoms with van der Waals surface area (Å²) in [7, 11) is 0. The lowest BCUT2D eigenvalue weighted by Gasteiger charge is -2.33. The maximum absolute atomic E-state index is 13.7. The van der Waals surface area contributed by atoms with Gasteiger partial charge in [0.25, 0.3) is 5.91 Å². The van der Waals surface area contributed by atoms with E-state index in [-0.39, 0.29) is 11.9 Å². The largest absolute Gasteiger partial charge is 0.442 e. The van der Waals surface area contributed by atoms with Crippen molar-refractivity contribution in [3.8, 4) is 0 Å². The van der Waals surface area contributed by atoms with E-state index in [9.17, 15) is 22.8 Å². The van der Waals surface area contributed by atoms with Crippen LogP contribution < -0.4 is 5.32 Å². The highest BCUT2D eigenvalue weighted by molar-refractivity contribution is 6.09. The smallest absolute Gasteiger partial charge is 0.316 e. The average molecular weight is 333 g/mol. The maximum atomic E-state index is 13.7. The van der Waals surface area contributed by atoms with Crippen LogP contribution in [0, 0.1) is 5.41 Å². The van der Waals surface area contributed by atoms with E-state index in [1.165, 1.54) is 27.7 Å². The summed E-state index contributed by atoms with van der Waals surface area (Å²) in [5.41, 5.74) is -4.27. The van der Waals surface area contributed by atoms with Crippen LogP contribution in [0.2, 0.25) is 0 Å². The van der Waals surface area contributed by atoms with Crippen molar-refractivity contribution in [1.82, 2.24) is 10.2 Å². The van der Waals surface area contributed by atoms with E-state index in [0.717, 1.165) is 17.7 Å². The number of aliphatic imine (C=N–C) groups is 1. The number of hydrogen-bond donors (Lipinski definition) is 1. The van der Waals surface area contributed by atoms with Crippen molar-refractivity contribution in [3.05, 3.63) is 0 Å². The van der Waals surface area contributed by atoms with E-state index >= 15 is 0 Å². The van der Waals surface area contributed by atoms with Crippen LogP contribution in [-0.2, 0) is 9.59 Å². The minimum absolute atomic E-state index is 0.00781. The van der Waals surface area contributed by atoms with Crippen molar-refractivity contribution < 1.29 is 22.8 Å². The van der Waals surface area contributed by atoms with Crippen LogP contribution in [0.1, 0.15) is 53.4 Å². The zero-order valence-electron chi connectivity index (χ0n) is 13.8. The van der Waals surface area contributed by atoms with Crippen LogP contribution in [-0.4, -0.2) is 40.4 Å². The molecule has 1 fully saturated rings. The Morgan fingerprint density at radius 1 is 1.26 bits per heavy atom. The van der Waals surface area contributed by atoms with Gasteiger partial charge in [-0.1, -0.05) is 33.6 Å². The first-order valence-electron chi connectivity index (χ1n) is 7.69. The van der Waals surface area contributed by atoms with Crippen LogP contribution >= 0.6 is 0 Å². The molecule has 23 heavy (non-hydrogen) atoms. The van der Waals surface area contributed by atoms with Crippen molar-refractivity contribution in [1.29, 1.82) is 0 Å². The predicted molar refractivity (Wildman–Crippen MR) is 78.6 cm³/mol. The predicted octanol–water partition coefficient (Wildman–Crippen LogP) is 2.61. The Labute approximate surface area is 133 Å². The van der Waals surface area contributed by atoms with E-state index in [4.69, 9.17) is 0 Å². The normalized spacial score (nSPS) is 26.7. The first-order valence-corrected chi connectivity index (χ1v) is 7.69. The number of alkyl halides is 3. The Bertz CT molecular complexity index is 545. The lowest BCUT2D eigenvalue weighted by molar-refractivity contribution is -0.201. The molecule has 1 saturated carbocycles. The van der Waals surface area contributed by atoms with Gasteiger partial charge in [0, 0.05) is 11.5 Å². The quantitative estimate of drug-likeness (QED) is 0.844. The third-order valence-electron chi connectivity index (χ3n) is 4.28. The molecule has 8 heteroatoms. The van der Waals surface area contributed by atoms with Crippen LogP contribution in [0.4, 0.5) is 13.2 Å². The maximum Gasteiger partial charge on any atom is 0.442 e. The van der Waals surface area contributed by atoms with Gasteiger partial charge in [-0.3, -0.25) is 14.5 Å². The molecule has 1 atom stereocenters. The molecule has 1 aliphatic carbocycles. The molecule has 0 radical (unpaired) electrons. The number of hydrogen-bond acceptors (Lipinski definition) is 3. The fourth-order valence-electron chi connectivity index (χ4n) is 2.95. The van der Waals surface area contributed by atoms with Gasteiger partial charge in [0.1, 0.15) is 5.84 Å². The summed E-state index contributed by atoms with van der Waals surface area (Å²) in [6.45, 7) is 5.83. The third-order valence-corrected chi connectivity index (χ3v) is 4.28. The molecule has 130 valence electrons. The van der Waals surface area contributed by atoms with Crippen molar-refractivity contribution >= 4 is 17.6 Å². The molecule has 2 rings (SSSR count). The topological polar surface area (TPSA) is 61.8 Å². The lowest BCUT2D eigenvalue weighted by Crippen LogP contribution is -2.65. The van der Waals surface area contributed by atoms with Crippen molar-refractivity contribution in [3.63, 3.8) is 0 Å². The standard InChI is InChI=1S/C15H22F3N3O2/c1-9-19-14(15(16,17)18,20-11(22)13(2,3)4)12(23)21(9)10-7-5-6-8-10/h10H,5-8H2,1-4H3,(H,20,22). The number of carbonyl (C=O) groups is 2. The second-order valence-corrected chi connectivity index (χ2v) is 7.18. The summed E-state index contributed by atoms with van der Waals surface area (Å²) >= 11 is 0. The summed E-state index contributed by atoms with van der Waals surface area (Å²) in [5, 5.41) is 1.86. The van der Waals surface area contributed by atoms with Crippen LogP contribution in [0.25, 0.3) is 0 Å². The van der Waals surface area contributed by atoms with Crippen molar-refractivity contribution in [2.75, 3.05) is 0 Å². The summed E-state index contributed by atoms with van der Waals surface area (Å²) < 4.78 is 41.0. The van der Waals surface area contributed by atoms with Crippen LogP contribution in [0.5, 0.6) is 0 Å². The second kappa shape index (κ2) is 5.49. The fourth-order valence-corrected chi connectivity index (χ4v) is 2.95. The molecule has 0 aromatic carbocycles. The number of amides is 2. The van der Waals surface area contributed by atoms with Gasteiger partial charge in [0.2, 0.25) is 5.91 Å². The monoisotopic (exact) mass is 333 g/mol. The molecule has 2 aliphatic rings. The van der Waals surface area contributed by atoms with Crippen molar-refractivity contribution in [2.45, 2.75) is 71.3 Å². The summed E-state index contributed by atoms with van der Waals surface area (Å²) in [4.78, 5) is 29.4. The van der Waals surface area contributed by atoms with Crippen molar-refractivity contribution in [2.24, 2.45) is 10.4 Å². The molecule has 1 unspecified atom stereocenters. The minimum atomic E-state index is -5.00. The van der Waals surface area contributed by atoms with Gasteiger partial charge < -0.3 is 5.32 Å². The average Bonchev–Trinajstić information content (AvgIpc) is 2.95. The number of amidine groups is 1. The summed E-state index contributed by atoms with van der Waals surface area (Å²) in [5.74, 6) is -2.06. The zero-order chi connectivity index (χ0) is 17.6. The van der Waals surface area contributed by atoms with E-state index in [1.807, 2.05) is 5.32 Å². The molecular formula is C15H22F3N3O2. The van der Waals surface area contributed by atoms with Gasteiger partial charge in [0.15, 0.2) is 0 Å². The van der Waals surface area contributed by atoms with Gasteiger partial charge in [-0.25, -0.2) is 4.99 Å². The zero-order valence-corrected chi connectivity index (χ0v) is 13.8. The number of rotatable bonds is 2. The first kappa shape index (κ1) is 17.7. The first-order chi connectivity index (χ1) is 10.4. The number of halogens is 3. The lowest BCUT2D eigenvalue weighted by atomic mass is 9.94. The molecule has 1 N–H and O–H groups in total. The third kappa shape index (κ3) is 2.95. The molecule has 5 nitrogen and oxygen atoms in total. The molecule has 1 aliphatic heterocycles. The SMILES string of the molecule is CC1=NC(NC(=O)C(C)(C)C)(C(F)(F)F)C(=O)N1C1CCCC1. The van der Waals surface area contributed by atoms with E-state index in [2.05, 4.69) is 4.99 Å². The molecule has 0 spiro atoms. The van der Waals surface area contributed by atoms with Gasteiger partial charge in [0.05, 0.1) is 0 Å². The molecule has 0 bridgehead atoms. The number of carbonyl (C=O) groups excluding carboxylic acids is 2. The number of nitrogens with zero attached hydrogens (tertiary/aromatic N) is 2. The highest BCUT2D eigenvalue weighted by Gasteiger charge is 2.67. The highest BCUT2D eigenvalue weighted by atomic mass is 19.4.